The van der Waals surface area contributed by atoms with E-state index >= 15 is 0 Å². The molecule has 1 fully saturated rings. The molecule has 1 aliphatic rings. The minimum absolute atomic E-state index is 0.00600. The number of hydrogen-bond acceptors (Lipinski definition) is 3. The summed E-state index contributed by atoms with van der Waals surface area (Å²) >= 11 is 0. The second-order valence-electron chi connectivity index (χ2n) is 8.62. The fourth-order valence-electron chi connectivity index (χ4n) is 4.38. The molecular formula is C27H27F3N2O2. The standard InChI is InChI=1S/C27H27F3N2O2/c28-27(29,30)21-11-16-26(31-18-21)34-23-14-12-22(13-15-23)32-25(33)17-24(19-7-3-1-4-8-19)20-9-5-2-6-10-20/h1-11,16,18,22-24H,12-15,17H2,(H,32,33). The summed E-state index contributed by atoms with van der Waals surface area (Å²) in [6.45, 7) is 0. The summed E-state index contributed by atoms with van der Waals surface area (Å²) in [6.07, 6.45) is -0.489. The van der Waals surface area contributed by atoms with E-state index in [1.54, 1.807) is 0 Å². The maximum Gasteiger partial charge on any atom is 0.417 e. The van der Waals surface area contributed by atoms with Crippen LogP contribution in [0.5, 0.6) is 5.88 Å². The average Bonchev–Trinajstić information content (AvgIpc) is 2.85. The van der Waals surface area contributed by atoms with E-state index in [1.165, 1.54) is 6.07 Å². The Morgan fingerprint density at radius 3 is 2.00 bits per heavy atom. The van der Waals surface area contributed by atoms with Crippen molar-refractivity contribution in [2.24, 2.45) is 0 Å². The van der Waals surface area contributed by atoms with Crippen LogP contribution in [0.2, 0.25) is 0 Å². The van der Waals surface area contributed by atoms with Crippen molar-refractivity contribution in [1.29, 1.82) is 0 Å². The summed E-state index contributed by atoms with van der Waals surface area (Å²) in [5, 5.41) is 3.16. The molecule has 0 aliphatic heterocycles. The van der Waals surface area contributed by atoms with Crippen molar-refractivity contribution in [3.63, 3.8) is 0 Å². The molecule has 1 aromatic heterocycles. The van der Waals surface area contributed by atoms with Gasteiger partial charge in [0.1, 0.15) is 6.10 Å². The SMILES string of the molecule is O=C(CC(c1ccccc1)c1ccccc1)NC1CCC(Oc2ccc(C(F)(F)F)cn2)CC1. The molecule has 1 heterocycles. The zero-order valence-electron chi connectivity index (χ0n) is 18.7. The first-order valence-electron chi connectivity index (χ1n) is 11.5. The van der Waals surface area contributed by atoms with Gasteiger partial charge >= 0.3 is 6.18 Å². The molecule has 4 nitrogen and oxygen atoms in total. The molecule has 0 spiro atoms. The molecule has 1 saturated carbocycles. The Kier molecular flexibility index (Phi) is 7.50. The minimum Gasteiger partial charge on any atom is -0.474 e. The molecule has 0 saturated heterocycles. The van der Waals surface area contributed by atoms with Gasteiger partial charge in [-0.1, -0.05) is 60.7 Å². The molecule has 34 heavy (non-hydrogen) atoms. The van der Waals surface area contributed by atoms with Crippen LogP contribution in [0, 0.1) is 0 Å². The minimum atomic E-state index is -4.41. The molecular weight excluding hydrogens is 441 g/mol. The third-order valence-corrected chi connectivity index (χ3v) is 6.18. The molecule has 0 atom stereocenters. The number of halogens is 3. The van der Waals surface area contributed by atoms with Crippen LogP contribution in [-0.4, -0.2) is 23.0 Å². The highest BCUT2D eigenvalue weighted by atomic mass is 19.4. The van der Waals surface area contributed by atoms with E-state index in [0.29, 0.717) is 19.3 Å². The van der Waals surface area contributed by atoms with Crippen LogP contribution < -0.4 is 10.1 Å². The number of nitrogens with one attached hydrogen (secondary N) is 1. The second-order valence-corrected chi connectivity index (χ2v) is 8.62. The number of carbonyl (C=O) groups is 1. The highest BCUT2D eigenvalue weighted by molar-refractivity contribution is 5.78. The van der Waals surface area contributed by atoms with Crippen LogP contribution >= 0.6 is 0 Å². The van der Waals surface area contributed by atoms with Gasteiger partial charge < -0.3 is 10.1 Å². The molecule has 178 valence electrons. The van der Waals surface area contributed by atoms with Crippen LogP contribution in [0.3, 0.4) is 0 Å². The molecule has 7 heteroatoms. The van der Waals surface area contributed by atoms with Gasteiger partial charge in [-0.15, -0.1) is 0 Å². The maximum atomic E-state index is 12.9. The lowest BCUT2D eigenvalue weighted by molar-refractivity contribution is -0.137. The van der Waals surface area contributed by atoms with Crippen molar-refractivity contribution in [3.8, 4) is 5.88 Å². The molecule has 0 radical (unpaired) electrons. The van der Waals surface area contributed by atoms with Crippen LogP contribution in [-0.2, 0) is 11.0 Å². The zero-order valence-corrected chi connectivity index (χ0v) is 18.7. The topological polar surface area (TPSA) is 51.2 Å². The van der Waals surface area contributed by atoms with Gasteiger partial charge in [0.15, 0.2) is 0 Å². The van der Waals surface area contributed by atoms with Crippen LogP contribution in [0.25, 0.3) is 0 Å². The zero-order chi connectivity index (χ0) is 24.0. The number of rotatable bonds is 7. The lowest BCUT2D eigenvalue weighted by Gasteiger charge is -2.29. The molecule has 0 bridgehead atoms. The van der Waals surface area contributed by atoms with E-state index in [0.717, 1.165) is 36.2 Å². The number of carbonyl (C=O) groups excluding carboxylic acids is 1. The number of nitrogens with zero attached hydrogens (tertiary/aromatic N) is 1. The fraction of sp³-hybridized carbons (Fsp3) is 0.333. The number of benzene rings is 2. The normalized spacial score (nSPS) is 18.5. The monoisotopic (exact) mass is 468 g/mol. The molecule has 2 aromatic carbocycles. The van der Waals surface area contributed by atoms with Gasteiger partial charge in [0.25, 0.3) is 0 Å². The molecule has 1 aliphatic carbocycles. The molecule has 1 amide bonds. The van der Waals surface area contributed by atoms with Crippen LogP contribution in [0.15, 0.2) is 79.0 Å². The van der Waals surface area contributed by atoms with Crippen LogP contribution in [0.4, 0.5) is 13.2 Å². The summed E-state index contributed by atoms with van der Waals surface area (Å²) in [5.74, 6) is 0.174. The number of amides is 1. The van der Waals surface area contributed by atoms with Crippen LogP contribution in [0.1, 0.15) is 54.7 Å². The Morgan fingerprint density at radius 2 is 1.50 bits per heavy atom. The summed E-state index contributed by atoms with van der Waals surface area (Å²) < 4.78 is 43.8. The number of hydrogen-bond donors (Lipinski definition) is 1. The van der Waals surface area contributed by atoms with Crippen molar-refractivity contribution in [2.75, 3.05) is 0 Å². The lowest BCUT2D eigenvalue weighted by atomic mass is 9.87. The van der Waals surface area contributed by atoms with E-state index in [-0.39, 0.29) is 29.9 Å². The first-order valence-corrected chi connectivity index (χ1v) is 11.5. The predicted molar refractivity (Wildman–Crippen MR) is 123 cm³/mol. The van der Waals surface area contributed by atoms with E-state index < -0.39 is 11.7 Å². The summed E-state index contributed by atoms with van der Waals surface area (Å²) in [6, 6.07) is 22.3. The van der Waals surface area contributed by atoms with E-state index in [1.807, 2.05) is 60.7 Å². The molecule has 4 rings (SSSR count). The number of aromatic nitrogens is 1. The number of pyridine rings is 1. The summed E-state index contributed by atoms with van der Waals surface area (Å²) in [7, 11) is 0. The average molecular weight is 469 g/mol. The van der Waals surface area contributed by atoms with Crippen molar-refractivity contribution in [2.45, 2.75) is 56.3 Å². The van der Waals surface area contributed by atoms with Gasteiger partial charge in [0.05, 0.1) is 5.56 Å². The molecule has 1 N–H and O–H groups in total. The van der Waals surface area contributed by atoms with Crippen molar-refractivity contribution >= 4 is 5.91 Å². The highest BCUT2D eigenvalue weighted by Gasteiger charge is 2.31. The second kappa shape index (κ2) is 10.7. The maximum absolute atomic E-state index is 12.9. The van der Waals surface area contributed by atoms with Crippen molar-refractivity contribution in [1.82, 2.24) is 10.3 Å². The Morgan fingerprint density at radius 1 is 0.912 bits per heavy atom. The summed E-state index contributed by atoms with van der Waals surface area (Å²) in [5.41, 5.74) is 1.41. The lowest BCUT2D eigenvalue weighted by Crippen LogP contribution is -2.40. The summed E-state index contributed by atoms with van der Waals surface area (Å²) in [4.78, 5) is 16.7. The van der Waals surface area contributed by atoms with Gasteiger partial charge in [0.2, 0.25) is 11.8 Å². The van der Waals surface area contributed by atoms with Gasteiger partial charge in [-0.25, -0.2) is 4.98 Å². The first kappa shape index (κ1) is 23.8. The molecule has 3 aromatic rings. The Labute approximate surface area is 197 Å². The Hall–Kier alpha value is -3.35. The third-order valence-electron chi connectivity index (χ3n) is 6.18. The van der Waals surface area contributed by atoms with E-state index in [9.17, 15) is 18.0 Å². The van der Waals surface area contributed by atoms with E-state index in [2.05, 4.69) is 10.3 Å². The number of ether oxygens (including phenoxy) is 1. The number of alkyl halides is 3. The van der Waals surface area contributed by atoms with Gasteiger partial charge in [-0.2, -0.15) is 13.2 Å². The Bertz CT molecular complexity index is 1010. The van der Waals surface area contributed by atoms with Gasteiger partial charge in [-0.3, -0.25) is 4.79 Å². The first-order chi connectivity index (χ1) is 16.4. The quantitative estimate of drug-likeness (QED) is 0.454. The van der Waals surface area contributed by atoms with Gasteiger partial charge in [-0.05, 0) is 42.9 Å². The van der Waals surface area contributed by atoms with Gasteiger partial charge in [0, 0.05) is 30.6 Å². The smallest absolute Gasteiger partial charge is 0.417 e. The largest absolute Gasteiger partial charge is 0.474 e. The van der Waals surface area contributed by atoms with Crippen molar-refractivity contribution in [3.05, 3.63) is 95.7 Å². The predicted octanol–water partition coefficient (Wildman–Crippen LogP) is 6.13. The fourth-order valence-corrected chi connectivity index (χ4v) is 4.38. The third kappa shape index (κ3) is 6.37. The van der Waals surface area contributed by atoms with E-state index in [4.69, 9.17) is 4.74 Å². The highest BCUT2D eigenvalue weighted by Crippen LogP contribution is 2.31. The molecule has 0 unspecified atom stereocenters. The van der Waals surface area contributed by atoms with Crippen molar-refractivity contribution < 1.29 is 22.7 Å². The Balaban J connectivity index is 1.29.